The van der Waals surface area contributed by atoms with Crippen molar-refractivity contribution in [3.05, 3.63) is 11.8 Å². The maximum atomic E-state index is 2.28. The van der Waals surface area contributed by atoms with Crippen molar-refractivity contribution in [3.8, 4) is 0 Å². The standard InChI is InChI=1S/C4H12Si2/c5-3-1-2-4-6/h1,3H,2,4H2,5-6H3. The van der Waals surface area contributed by atoms with Gasteiger partial charge in [-0.1, -0.05) is 12.1 Å². The van der Waals surface area contributed by atoms with Crippen LogP contribution in [0, 0.1) is 0 Å². The Bertz CT molecular complexity index is 40.8. The van der Waals surface area contributed by atoms with Gasteiger partial charge >= 0.3 is 0 Å². The maximum Gasteiger partial charge on any atom is 0.0287 e. The van der Waals surface area contributed by atoms with E-state index in [2.05, 4.69) is 11.8 Å². The van der Waals surface area contributed by atoms with Crippen molar-refractivity contribution in [1.82, 2.24) is 0 Å². The fraction of sp³-hybridized carbons (Fsp3) is 0.500. The van der Waals surface area contributed by atoms with Crippen LogP contribution in [0.5, 0.6) is 0 Å². The summed E-state index contributed by atoms with van der Waals surface area (Å²) < 4.78 is 0. The van der Waals surface area contributed by atoms with Gasteiger partial charge in [-0.25, -0.2) is 0 Å². The summed E-state index contributed by atoms with van der Waals surface area (Å²) >= 11 is 0. The van der Waals surface area contributed by atoms with Crippen LogP contribution < -0.4 is 0 Å². The number of allylic oxidation sites excluding steroid dienone is 1. The molecular weight excluding hydrogens is 104 g/mol. The average molecular weight is 116 g/mol. The Morgan fingerprint density at radius 3 is 2.33 bits per heavy atom. The zero-order chi connectivity index (χ0) is 4.83. The minimum absolute atomic E-state index is 1.24. The van der Waals surface area contributed by atoms with Gasteiger partial charge in [0.25, 0.3) is 0 Å². The van der Waals surface area contributed by atoms with E-state index in [1.54, 1.807) is 0 Å². The lowest BCUT2D eigenvalue weighted by molar-refractivity contribution is 1.22. The van der Waals surface area contributed by atoms with Crippen LogP contribution in [0.4, 0.5) is 0 Å². The lowest BCUT2D eigenvalue weighted by Crippen LogP contribution is -1.62. The molecule has 0 aliphatic rings. The first kappa shape index (κ1) is 6.17. The Morgan fingerprint density at radius 2 is 2.17 bits per heavy atom. The highest BCUT2D eigenvalue weighted by atomic mass is 28.1. The fourth-order valence-corrected chi connectivity index (χ4v) is 1.00. The smallest absolute Gasteiger partial charge is 0.0287 e. The third-order valence-corrected chi connectivity index (χ3v) is 1.74. The van der Waals surface area contributed by atoms with E-state index in [0.29, 0.717) is 0 Å². The highest BCUT2D eigenvalue weighted by Crippen LogP contribution is 1.82. The highest BCUT2D eigenvalue weighted by Gasteiger charge is 1.65. The van der Waals surface area contributed by atoms with Crippen LogP contribution >= 0.6 is 0 Å². The highest BCUT2D eigenvalue weighted by molar-refractivity contribution is 6.17. The molecule has 0 aromatic rings. The van der Waals surface area contributed by atoms with Crippen molar-refractivity contribution < 1.29 is 0 Å². The molecule has 36 valence electrons. The van der Waals surface area contributed by atoms with Crippen molar-refractivity contribution in [1.29, 1.82) is 0 Å². The van der Waals surface area contributed by atoms with Gasteiger partial charge in [-0.2, -0.15) is 0 Å². The summed E-state index contributed by atoms with van der Waals surface area (Å²) in [6, 6.07) is 1.43. The zero-order valence-corrected chi connectivity index (χ0v) is 8.57. The maximum absolute atomic E-state index is 2.28. The largest absolute Gasteiger partial charge is 0.109 e. The van der Waals surface area contributed by atoms with Crippen molar-refractivity contribution in [3.63, 3.8) is 0 Å². The molecule has 0 heterocycles. The lowest BCUT2D eigenvalue weighted by atomic mass is 10.5. The molecule has 0 spiro atoms. The van der Waals surface area contributed by atoms with Gasteiger partial charge in [-0.3, -0.25) is 0 Å². The molecule has 2 heteroatoms. The second-order valence-corrected chi connectivity index (χ2v) is 3.02. The van der Waals surface area contributed by atoms with E-state index in [0.717, 1.165) is 0 Å². The molecular formula is C4H12Si2. The summed E-state index contributed by atoms with van der Waals surface area (Å²) in [6.45, 7) is 0. The molecule has 0 aromatic heterocycles. The second-order valence-electron chi connectivity index (χ2n) is 1.36. The Labute approximate surface area is 45.5 Å². The van der Waals surface area contributed by atoms with Crippen LogP contribution in [0.2, 0.25) is 6.04 Å². The number of hydrogen-bond acceptors (Lipinski definition) is 0. The van der Waals surface area contributed by atoms with Crippen molar-refractivity contribution in [2.24, 2.45) is 0 Å². The van der Waals surface area contributed by atoms with Crippen molar-refractivity contribution in [2.45, 2.75) is 12.5 Å². The molecule has 0 nitrogen and oxygen atoms in total. The van der Waals surface area contributed by atoms with Crippen LogP contribution in [-0.2, 0) is 0 Å². The van der Waals surface area contributed by atoms with Gasteiger partial charge in [0, 0.05) is 20.5 Å². The first-order chi connectivity index (χ1) is 2.91. The Hall–Kier alpha value is 0.174. The molecule has 6 heavy (non-hydrogen) atoms. The third-order valence-electron chi connectivity index (χ3n) is 0.691. The van der Waals surface area contributed by atoms with Crippen molar-refractivity contribution >= 4 is 20.5 Å². The van der Waals surface area contributed by atoms with Crippen LogP contribution in [0.1, 0.15) is 6.42 Å². The summed E-state index contributed by atoms with van der Waals surface area (Å²) in [5, 5.41) is 0. The predicted octanol–water partition coefficient (Wildman–Crippen LogP) is -0.961. The molecule has 0 aliphatic carbocycles. The zero-order valence-electron chi connectivity index (χ0n) is 4.57. The van der Waals surface area contributed by atoms with Crippen LogP contribution in [0.25, 0.3) is 0 Å². The average Bonchev–Trinajstić information content (AvgIpc) is 1.61. The lowest BCUT2D eigenvalue weighted by Gasteiger charge is -1.76. The minimum Gasteiger partial charge on any atom is -0.109 e. The summed E-state index contributed by atoms with van der Waals surface area (Å²) in [6.07, 6.45) is 3.61. The summed E-state index contributed by atoms with van der Waals surface area (Å²) in [4.78, 5) is 0. The Kier molecular flexibility index (Phi) is 5.32. The van der Waals surface area contributed by atoms with Gasteiger partial charge in [-0.15, -0.1) is 5.70 Å². The van der Waals surface area contributed by atoms with E-state index in [1.807, 2.05) is 0 Å². The molecule has 0 atom stereocenters. The van der Waals surface area contributed by atoms with E-state index in [-0.39, 0.29) is 0 Å². The molecule has 0 saturated carbocycles. The fourth-order valence-electron chi connectivity index (χ4n) is 0.333. The molecule has 0 rings (SSSR count). The third kappa shape index (κ3) is 4.17. The molecule has 0 amide bonds. The number of hydrogen-bond donors (Lipinski definition) is 0. The van der Waals surface area contributed by atoms with E-state index < -0.39 is 0 Å². The summed E-state index contributed by atoms with van der Waals surface area (Å²) in [5.74, 6) is 0. The molecule has 0 saturated heterocycles. The second kappa shape index (κ2) is 5.17. The molecule has 0 fully saturated rings. The Morgan fingerprint density at radius 1 is 1.50 bits per heavy atom. The molecule has 0 unspecified atom stereocenters. The van der Waals surface area contributed by atoms with E-state index >= 15 is 0 Å². The molecule has 0 radical (unpaired) electrons. The van der Waals surface area contributed by atoms with Gasteiger partial charge in [0.1, 0.15) is 0 Å². The normalized spacial score (nSPS) is 11.3. The van der Waals surface area contributed by atoms with Crippen molar-refractivity contribution in [2.75, 3.05) is 0 Å². The molecule has 0 aromatic carbocycles. The first-order valence-electron chi connectivity index (χ1n) is 2.53. The minimum atomic E-state index is 1.24. The Balaban J connectivity index is 2.66. The molecule has 0 bridgehead atoms. The SMILES string of the molecule is [SiH3]C=CCC[SiH3]. The van der Waals surface area contributed by atoms with Crippen LogP contribution in [-0.4, -0.2) is 20.5 Å². The molecule has 0 N–H and O–H groups in total. The van der Waals surface area contributed by atoms with Gasteiger partial charge in [0.05, 0.1) is 0 Å². The van der Waals surface area contributed by atoms with Gasteiger partial charge < -0.3 is 0 Å². The van der Waals surface area contributed by atoms with Gasteiger partial charge in [0.2, 0.25) is 0 Å². The molecule has 0 aliphatic heterocycles. The van der Waals surface area contributed by atoms with Gasteiger partial charge in [-0.05, 0) is 6.42 Å². The monoisotopic (exact) mass is 116 g/mol. The van der Waals surface area contributed by atoms with E-state index in [1.165, 1.54) is 32.9 Å². The van der Waals surface area contributed by atoms with Crippen LogP contribution in [0.15, 0.2) is 11.8 Å². The number of rotatable bonds is 2. The quantitative estimate of drug-likeness (QED) is 0.408. The van der Waals surface area contributed by atoms with E-state index in [9.17, 15) is 0 Å². The summed E-state index contributed by atoms with van der Waals surface area (Å²) in [7, 11) is 2.61. The first-order valence-corrected chi connectivity index (χ1v) is 5.09. The topological polar surface area (TPSA) is 0 Å². The van der Waals surface area contributed by atoms with Gasteiger partial charge in [0.15, 0.2) is 0 Å². The van der Waals surface area contributed by atoms with E-state index in [4.69, 9.17) is 0 Å². The predicted molar refractivity (Wildman–Crippen MR) is 38.4 cm³/mol. The van der Waals surface area contributed by atoms with Crippen LogP contribution in [0.3, 0.4) is 0 Å². The summed E-state index contributed by atoms with van der Waals surface area (Å²) in [5.41, 5.74) is 2.25.